The summed E-state index contributed by atoms with van der Waals surface area (Å²) >= 11 is 1.53. The van der Waals surface area contributed by atoms with Gasteiger partial charge in [-0.05, 0) is 24.3 Å². The number of fused-ring (bicyclic) bond motifs is 1. The molecule has 1 aliphatic heterocycles. The fraction of sp³-hybridized carbons (Fsp3) is 0.304. The van der Waals surface area contributed by atoms with Gasteiger partial charge in [-0.15, -0.1) is 11.3 Å². The van der Waals surface area contributed by atoms with Gasteiger partial charge in [0.05, 0.1) is 43.4 Å². The number of rotatable bonds is 8. The number of aromatic nitrogens is 4. The molecule has 4 aromatic rings. The SMILES string of the molecule is COc1cc(-n2cnc(Nc3nc(N4CCC[C@@H]4C(N)=O)nc4ccsc34)c2)cc(OC)c1OC. The summed E-state index contributed by atoms with van der Waals surface area (Å²) in [7, 11) is 4.71. The lowest BCUT2D eigenvalue weighted by atomic mass is 10.2. The maximum Gasteiger partial charge on any atom is 0.240 e. The number of imidazole rings is 1. The van der Waals surface area contributed by atoms with E-state index < -0.39 is 6.04 Å². The van der Waals surface area contributed by atoms with Gasteiger partial charge in [-0.3, -0.25) is 4.79 Å². The lowest BCUT2D eigenvalue weighted by Crippen LogP contribution is -2.41. The molecule has 0 bridgehead atoms. The first-order valence-corrected chi connectivity index (χ1v) is 11.8. The van der Waals surface area contributed by atoms with Crippen LogP contribution in [0.4, 0.5) is 17.6 Å². The molecule has 3 N–H and O–H groups in total. The fourth-order valence-corrected chi connectivity index (χ4v) is 5.01. The van der Waals surface area contributed by atoms with Crippen LogP contribution in [-0.2, 0) is 4.79 Å². The van der Waals surface area contributed by atoms with E-state index in [1.165, 1.54) is 11.3 Å². The third-order valence-electron chi connectivity index (χ3n) is 5.91. The van der Waals surface area contributed by atoms with Crippen LogP contribution in [-0.4, -0.2) is 59.3 Å². The van der Waals surface area contributed by atoms with Crippen molar-refractivity contribution < 1.29 is 19.0 Å². The number of methoxy groups -OCH3 is 3. The number of primary amides is 1. The largest absolute Gasteiger partial charge is 0.493 e. The Kier molecular flexibility index (Phi) is 6.03. The molecule has 0 aliphatic carbocycles. The Hall–Kier alpha value is -4.06. The number of nitrogens with one attached hydrogen (secondary N) is 1. The normalized spacial score (nSPS) is 15.4. The molecule has 4 heterocycles. The van der Waals surface area contributed by atoms with Crippen LogP contribution in [0.2, 0.25) is 0 Å². The summed E-state index contributed by atoms with van der Waals surface area (Å²) in [6.07, 6.45) is 5.08. The Morgan fingerprint density at radius 2 is 1.94 bits per heavy atom. The van der Waals surface area contributed by atoms with Gasteiger partial charge in [-0.2, -0.15) is 4.98 Å². The van der Waals surface area contributed by atoms with E-state index in [2.05, 4.69) is 15.3 Å². The predicted octanol–water partition coefficient (Wildman–Crippen LogP) is 3.10. The highest BCUT2D eigenvalue weighted by atomic mass is 32.1. The van der Waals surface area contributed by atoms with Gasteiger partial charge in [-0.1, -0.05) is 0 Å². The number of nitrogens with zero attached hydrogens (tertiary/aromatic N) is 5. The highest BCUT2D eigenvalue weighted by molar-refractivity contribution is 7.17. The maximum atomic E-state index is 11.9. The van der Waals surface area contributed by atoms with Crippen molar-refractivity contribution in [1.82, 2.24) is 19.5 Å². The molecule has 1 atom stereocenters. The Balaban J connectivity index is 1.48. The second-order valence-electron chi connectivity index (χ2n) is 7.94. The molecule has 35 heavy (non-hydrogen) atoms. The number of nitrogens with two attached hydrogens (primary N) is 1. The van der Waals surface area contributed by atoms with E-state index in [1.807, 2.05) is 39.2 Å². The maximum absolute atomic E-state index is 11.9. The Labute approximate surface area is 205 Å². The van der Waals surface area contributed by atoms with Crippen molar-refractivity contribution in [2.45, 2.75) is 18.9 Å². The van der Waals surface area contributed by atoms with E-state index in [0.29, 0.717) is 47.8 Å². The van der Waals surface area contributed by atoms with Crippen molar-refractivity contribution in [1.29, 1.82) is 0 Å². The van der Waals surface area contributed by atoms with Crippen molar-refractivity contribution >= 4 is 45.0 Å². The van der Waals surface area contributed by atoms with Crippen LogP contribution >= 0.6 is 11.3 Å². The quantitative estimate of drug-likeness (QED) is 0.379. The summed E-state index contributed by atoms with van der Waals surface area (Å²) in [5.41, 5.74) is 7.19. The lowest BCUT2D eigenvalue weighted by Gasteiger charge is -2.22. The first kappa shape index (κ1) is 22.7. The summed E-state index contributed by atoms with van der Waals surface area (Å²) < 4.78 is 19.1. The van der Waals surface area contributed by atoms with Crippen LogP contribution in [0.15, 0.2) is 36.1 Å². The average Bonchev–Trinajstić information content (AvgIpc) is 3.63. The summed E-state index contributed by atoms with van der Waals surface area (Å²) in [6, 6.07) is 5.20. The Morgan fingerprint density at radius 3 is 2.63 bits per heavy atom. The molecule has 1 fully saturated rings. The topological polar surface area (TPSA) is 130 Å². The van der Waals surface area contributed by atoms with Crippen LogP contribution < -0.4 is 30.2 Å². The molecular formula is C23H25N7O4S. The van der Waals surface area contributed by atoms with E-state index in [4.69, 9.17) is 24.9 Å². The molecular weight excluding hydrogens is 470 g/mol. The second-order valence-corrected chi connectivity index (χ2v) is 8.85. The van der Waals surface area contributed by atoms with E-state index in [-0.39, 0.29) is 5.91 Å². The van der Waals surface area contributed by atoms with Gasteiger partial charge in [0, 0.05) is 18.7 Å². The first-order valence-electron chi connectivity index (χ1n) is 10.9. The van der Waals surface area contributed by atoms with E-state index in [9.17, 15) is 4.79 Å². The molecule has 0 unspecified atom stereocenters. The molecule has 182 valence electrons. The fourth-order valence-electron chi connectivity index (χ4n) is 4.23. The summed E-state index contributed by atoms with van der Waals surface area (Å²) in [5, 5.41) is 5.26. The molecule has 12 heteroatoms. The van der Waals surface area contributed by atoms with Gasteiger partial charge in [0.1, 0.15) is 18.2 Å². The number of anilines is 3. The number of carbonyl (C=O) groups is 1. The zero-order valence-corrected chi connectivity index (χ0v) is 20.3. The van der Waals surface area contributed by atoms with Crippen molar-refractivity contribution in [2.24, 2.45) is 5.73 Å². The van der Waals surface area contributed by atoms with Crippen LogP contribution in [0.1, 0.15) is 12.8 Å². The predicted molar refractivity (Wildman–Crippen MR) is 133 cm³/mol. The van der Waals surface area contributed by atoms with Crippen molar-refractivity contribution in [3.8, 4) is 22.9 Å². The first-order chi connectivity index (χ1) is 17.0. The number of thiophene rings is 1. The van der Waals surface area contributed by atoms with Crippen molar-refractivity contribution in [2.75, 3.05) is 38.1 Å². The highest BCUT2D eigenvalue weighted by Crippen LogP contribution is 2.39. The molecule has 0 radical (unpaired) electrons. The van der Waals surface area contributed by atoms with Gasteiger partial charge >= 0.3 is 0 Å². The van der Waals surface area contributed by atoms with Gasteiger partial charge in [0.15, 0.2) is 17.3 Å². The summed E-state index contributed by atoms with van der Waals surface area (Å²) in [4.78, 5) is 27.7. The Morgan fingerprint density at radius 1 is 1.17 bits per heavy atom. The zero-order valence-electron chi connectivity index (χ0n) is 19.5. The minimum Gasteiger partial charge on any atom is -0.493 e. The molecule has 11 nitrogen and oxygen atoms in total. The monoisotopic (exact) mass is 495 g/mol. The van der Waals surface area contributed by atoms with E-state index in [1.54, 1.807) is 27.7 Å². The van der Waals surface area contributed by atoms with Gasteiger partial charge in [0.2, 0.25) is 17.6 Å². The molecule has 3 aromatic heterocycles. The third kappa shape index (κ3) is 4.16. The van der Waals surface area contributed by atoms with Crippen molar-refractivity contribution in [3.63, 3.8) is 0 Å². The number of benzene rings is 1. The number of carbonyl (C=O) groups excluding carboxylic acids is 1. The van der Waals surface area contributed by atoms with Gasteiger partial charge < -0.3 is 34.7 Å². The lowest BCUT2D eigenvalue weighted by molar-refractivity contribution is -0.119. The zero-order chi connectivity index (χ0) is 24.5. The second kappa shape index (κ2) is 9.29. The number of amides is 1. The minimum atomic E-state index is -0.404. The summed E-state index contributed by atoms with van der Waals surface area (Å²) in [6.45, 7) is 0.679. The van der Waals surface area contributed by atoms with Crippen molar-refractivity contribution in [3.05, 3.63) is 36.1 Å². The molecule has 1 saturated heterocycles. The molecule has 1 amide bonds. The van der Waals surface area contributed by atoms with E-state index in [0.717, 1.165) is 22.3 Å². The molecule has 1 aliphatic rings. The number of hydrogen-bond donors (Lipinski definition) is 2. The molecule has 0 spiro atoms. The van der Waals surface area contributed by atoms with Crippen LogP contribution in [0.5, 0.6) is 17.2 Å². The molecule has 5 rings (SSSR count). The minimum absolute atomic E-state index is 0.366. The average molecular weight is 496 g/mol. The Bertz CT molecular complexity index is 1360. The third-order valence-corrected chi connectivity index (χ3v) is 6.82. The molecule has 1 aromatic carbocycles. The highest BCUT2D eigenvalue weighted by Gasteiger charge is 2.31. The van der Waals surface area contributed by atoms with Crippen LogP contribution in [0.25, 0.3) is 15.9 Å². The number of hydrogen-bond acceptors (Lipinski definition) is 10. The summed E-state index contributed by atoms with van der Waals surface area (Å²) in [5.74, 6) is 2.91. The van der Waals surface area contributed by atoms with Crippen LogP contribution in [0.3, 0.4) is 0 Å². The van der Waals surface area contributed by atoms with E-state index >= 15 is 0 Å². The molecule has 0 saturated carbocycles. The van der Waals surface area contributed by atoms with Crippen LogP contribution in [0, 0.1) is 0 Å². The smallest absolute Gasteiger partial charge is 0.240 e. The van der Waals surface area contributed by atoms with Gasteiger partial charge in [-0.25, -0.2) is 9.97 Å². The number of ether oxygens (including phenoxy) is 3. The van der Waals surface area contributed by atoms with Gasteiger partial charge in [0.25, 0.3) is 0 Å². The standard InChI is InChI=1S/C23H25N7O4S/c1-32-16-9-13(10-17(33-2)19(16)34-3)29-11-18(25-12-29)27-22-20-14(6-8-35-20)26-23(28-22)30-7-4-5-15(30)21(24)31/h6,8-12,15H,4-5,7H2,1-3H3,(H2,24,31)(H,26,27,28)/t15-/m1/s1.